The summed E-state index contributed by atoms with van der Waals surface area (Å²) in [5.41, 5.74) is 21.3. The van der Waals surface area contributed by atoms with Crippen LogP contribution in [0.25, 0.3) is 22.3 Å². The molecular weight excluding hydrogens is 1050 g/mol. The van der Waals surface area contributed by atoms with E-state index in [1.54, 1.807) is 4.68 Å². The highest BCUT2D eigenvalue weighted by Gasteiger charge is 2.32. The molecular formula is C60H72ClN19O2. The number of nitrogens with two attached hydrogens (primary N) is 1. The van der Waals surface area contributed by atoms with Crippen molar-refractivity contribution in [1.82, 2.24) is 80.1 Å². The minimum atomic E-state index is 0. The van der Waals surface area contributed by atoms with E-state index in [1.807, 2.05) is 51.7 Å². The lowest BCUT2D eigenvalue weighted by atomic mass is 9.78. The third kappa shape index (κ3) is 12.0. The Balaban J connectivity index is 0.000000160. The molecule has 2 aliphatic heterocycles. The standard InChI is InChI=1S/C31H37N9O.C29H34N10O.ClH/c1-2-20-7-9-21(10-8-20)30-26(17-40(37-30)19-29(41)39-12-11-27-28(18-39)36-38-35-27)24-15-32-31(33-16-24)34-25-13-22-5-3-4-6-23(22)14-25;30-22-7-5-18(6-8-22)28-24(15-39(36-28)17-27(40)38-10-9-25-26(16-38)35-37-34-25)21-13-31-29(32-14-21)33-23-11-19-3-1-2-4-20(19)12-23;/h3-6,15-17,20-21,25H,2,7-14,18-19H2,1H3,(H,32,33,34)(H,35,36,38);1-4,13-15,18,22-23H,5-12,16-17,30H2,(H,31,32,33)(H,34,35,37);1H. The van der Waals surface area contributed by atoms with Gasteiger partial charge in [-0.25, -0.2) is 19.9 Å². The number of nitrogens with one attached hydrogen (secondary N) is 4. The second-order valence-corrected chi connectivity index (χ2v) is 23.2. The van der Waals surface area contributed by atoms with Crippen molar-refractivity contribution in [2.24, 2.45) is 11.7 Å². The number of H-pyrrole nitrogens is 2. The predicted molar refractivity (Wildman–Crippen MR) is 311 cm³/mol. The Morgan fingerprint density at radius 3 is 1.35 bits per heavy atom. The average Bonchev–Trinajstić information content (AvgIpc) is 4.42. The van der Waals surface area contributed by atoms with Crippen LogP contribution in [-0.2, 0) is 74.3 Å². The quantitative estimate of drug-likeness (QED) is 0.0757. The Kier molecular flexibility index (Phi) is 16.2. The molecule has 2 amide bonds. The molecule has 21 nitrogen and oxygen atoms in total. The van der Waals surface area contributed by atoms with Gasteiger partial charge in [0.05, 0.1) is 35.9 Å². The predicted octanol–water partition coefficient (Wildman–Crippen LogP) is 7.34. The summed E-state index contributed by atoms with van der Waals surface area (Å²) < 4.78 is 3.60. The van der Waals surface area contributed by atoms with E-state index in [0.717, 1.165) is 133 Å². The van der Waals surface area contributed by atoms with Gasteiger partial charge in [0.15, 0.2) is 0 Å². The Labute approximate surface area is 482 Å². The summed E-state index contributed by atoms with van der Waals surface area (Å²) in [5, 5.41) is 39.1. The van der Waals surface area contributed by atoms with E-state index in [9.17, 15) is 9.59 Å². The zero-order valence-electron chi connectivity index (χ0n) is 46.5. The zero-order valence-corrected chi connectivity index (χ0v) is 47.3. The van der Waals surface area contributed by atoms with E-state index < -0.39 is 0 Å². The molecule has 2 fully saturated rings. The molecule has 6 N–H and O–H groups in total. The molecule has 8 heterocycles. The van der Waals surface area contributed by atoms with Gasteiger partial charge in [0.25, 0.3) is 0 Å². The summed E-state index contributed by atoms with van der Waals surface area (Å²) >= 11 is 0. The van der Waals surface area contributed by atoms with Crippen LogP contribution in [-0.4, -0.2) is 123 Å². The number of anilines is 2. The Bertz CT molecular complexity index is 3430. The molecule has 0 atom stereocenters. The van der Waals surface area contributed by atoms with Gasteiger partial charge in [-0.1, -0.05) is 61.9 Å². The third-order valence-electron chi connectivity index (χ3n) is 17.9. The van der Waals surface area contributed by atoms with Gasteiger partial charge in [0.1, 0.15) is 24.5 Å². The Morgan fingerprint density at radius 2 is 0.951 bits per heavy atom. The van der Waals surface area contributed by atoms with Crippen molar-refractivity contribution in [3.63, 3.8) is 0 Å². The lowest BCUT2D eigenvalue weighted by molar-refractivity contribution is -0.133. The summed E-state index contributed by atoms with van der Waals surface area (Å²) in [4.78, 5) is 48.9. The molecule has 2 saturated carbocycles. The minimum Gasteiger partial charge on any atom is -0.351 e. The van der Waals surface area contributed by atoms with E-state index >= 15 is 0 Å². The monoisotopic (exact) mass is 1130 g/mol. The van der Waals surface area contributed by atoms with Gasteiger partial charge in [-0.2, -0.15) is 41.0 Å². The van der Waals surface area contributed by atoms with Crippen molar-refractivity contribution in [2.45, 2.75) is 159 Å². The van der Waals surface area contributed by atoms with Gasteiger partial charge in [-0.3, -0.25) is 19.0 Å². The fourth-order valence-corrected chi connectivity index (χ4v) is 13.2. The van der Waals surface area contributed by atoms with Gasteiger partial charge in [0, 0.05) is 115 Å². The number of carbonyl (C=O) groups excluding carboxylic acids is 2. The number of fused-ring (bicyclic) bond motifs is 4. The number of nitrogens with zero attached hydrogens (tertiary/aromatic N) is 14. The van der Waals surface area contributed by atoms with Crippen LogP contribution in [0.1, 0.15) is 133 Å². The highest BCUT2D eigenvalue weighted by molar-refractivity contribution is 5.85. The molecule has 0 bridgehead atoms. The number of rotatable bonds is 13. The van der Waals surface area contributed by atoms with Crippen LogP contribution in [0.2, 0.25) is 0 Å². The highest BCUT2D eigenvalue weighted by Crippen LogP contribution is 2.41. The van der Waals surface area contributed by atoms with Gasteiger partial charge >= 0.3 is 0 Å². The van der Waals surface area contributed by atoms with Crippen LogP contribution >= 0.6 is 12.4 Å². The highest BCUT2D eigenvalue weighted by atomic mass is 35.5. The molecule has 426 valence electrons. The first-order valence-corrected chi connectivity index (χ1v) is 29.3. The number of aromatic nitrogens is 14. The molecule has 0 spiro atoms. The molecule has 6 aliphatic rings. The molecule has 0 radical (unpaired) electrons. The fraction of sp³-hybridized carbons (Fsp3) is 0.467. The SMILES string of the molecule is CCC1CCC(c2nn(CC(=O)N3CCc4n[nH]nc4C3)cc2-c2cnc(NC3Cc4ccccc4C3)nc2)CC1.Cl.NC1CCC(c2nn(CC(=O)N3CCc4n[nH]nc4C3)cc2-c2cnc(NC3Cc4ccccc4C3)nc2)CC1. The maximum absolute atomic E-state index is 13.3. The van der Waals surface area contributed by atoms with Crippen LogP contribution in [0.5, 0.6) is 0 Å². The number of hydrogen-bond donors (Lipinski definition) is 5. The average molecular weight is 1130 g/mol. The van der Waals surface area contributed by atoms with Crippen molar-refractivity contribution in [3.8, 4) is 22.3 Å². The first-order valence-electron chi connectivity index (χ1n) is 29.3. The molecule has 14 rings (SSSR count). The summed E-state index contributed by atoms with van der Waals surface area (Å²) in [6.07, 6.45) is 26.8. The summed E-state index contributed by atoms with van der Waals surface area (Å²) in [5.74, 6) is 2.83. The Hall–Kier alpha value is -7.91. The number of amides is 2. The number of hydrogen-bond acceptors (Lipinski definition) is 15. The fourth-order valence-electron chi connectivity index (χ4n) is 13.2. The maximum Gasteiger partial charge on any atom is 0.244 e. The van der Waals surface area contributed by atoms with E-state index in [1.165, 1.54) is 41.5 Å². The molecule has 22 heteroatoms. The smallest absolute Gasteiger partial charge is 0.244 e. The Morgan fingerprint density at radius 1 is 0.561 bits per heavy atom. The number of halogens is 1. The van der Waals surface area contributed by atoms with Crippen molar-refractivity contribution < 1.29 is 9.59 Å². The first-order chi connectivity index (χ1) is 39.7. The van der Waals surface area contributed by atoms with Crippen LogP contribution < -0.4 is 16.4 Å². The van der Waals surface area contributed by atoms with E-state index in [2.05, 4.69) is 107 Å². The summed E-state index contributed by atoms with van der Waals surface area (Å²) in [6.45, 7) is 4.91. The normalized spacial score (nSPS) is 20.4. The van der Waals surface area contributed by atoms with Crippen LogP contribution in [0.4, 0.5) is 11.9 Å². The molecule has 4 aliphatic carbocycles. The van der Waals surface area contributed by atoms with Crippen molar-refractivity contribution in [2.75, 3.05) is 23.7 Å². The molecule has 0 saturated heterocycles. The second-order valence-electron chi connectivity index (χ2n) is 23.2. The van der Waals surface area contributed by atoms with E-state index in [4.69, 9.17) is 25.9 Å². The molecule has 0 unspecified atom stereocenters. The van der Waals surface area contributed by atoms with Gasteiger partial charge in [-0.15, -0.1) is 12.4 Å². The third-order valence-corrected chi connectivity index (χ3v) is 17.9. The maximum atomic E-state index is 13.3. The van der Waals surface area contributed by atoms with E-state index in [-0.39, 0.29) is 43.4 Å². The number of carbonyl (C=O) groups is 2. The number of aromatic amines is 2. The van der Waals surface area contributed by atoms with Gasteiger partial charge in [0.2, 0.25) is 23.7 Å². The molecule has 8 aromatic rings. The van der Waals surface area contributed by atoms with Crippen molar-refractivity contribution >= 4 is 36.1 Å². The lowest BCUT2D eigenvalue weighted by Crippen LogP contribution is -2.38. The van der Waals surface area contributed by atoms with Crippen LogP contribution in [0.3, 0.4) is 0 Å². The van der Waals surface area contributed by atoms with Gasteiger partial charge in [-0.05, 0) is 105 Å². The van der Waals surface area contributed by atoms with Crippen LogP contribution in [0.15, 0.2) is 85.7 Å². The largest absolute Gasteiger partial charge is 0.351 e. The topological polar surface area (TPSA) is 261 Å². The zero-order chi connectivity index (χ0) is 54.8. The van der Waals surface area contributed by atoms with E-state index in [0.29, 0.717) is 68.4 Å². The number of benzene rings is 2. The second kappa shape index (κ2) is 24.3. The van der Waals surface area contributed by atoms with Gasteiger partial charge < -0.3 is 26.2 Å². The first kappa shape index (κ1) is 54.7. The summed E-state index contributed by atoms with van der Waals surface area (Å²) in [6, 6.07) is 18.0. The molecule has 2 aromatic carbocycles. The summed E-state index contributed by atoms with van der Waals surface area (Å²) in [7, 11) is 0. The lowest BCUT2D eigenvalue weighted by Gasteiger charge is -2.27. The molecule has 82 heavy (non-hydrogen) atoms. The van der Waals surface area contributed by atoms with Crippen molar-refractivity contribution in [3.05, 3.63) is 142 Å². The minimum absolute atomic E-state index is 0. The van der Waals surface area contributed by atoms with Crippen LogP contribution in [0, 0.1) is 5.92 Å². The molecule has 6 aromatic heterocycles. The van der Waals surface area contributed by atoms with Crippen molar-refractivity contribution in [1.29, 1.82) is 0 Å².